The van der Waals surface area contributed by atoms with Crippen molar-refractivity contribution in [3.8, 4) is 0 Å². The van der Waals surface area contributed by atoms with Crippen LogP contribution in [0.3, 0.4) is 0 Å². The molecule has 1 aromatic carbocycles. The van der Waals surface area contributed by atoms with E-state index in [-0.39, 0.29) is 24.1 Å². The molecular formula is C12H15F2NO. The quantitative estimate of drug-likeness (QED) is 0.803. The van der Waals surface area contributed by atoms with Gasteiger partial charge in [0.25, 0.3) is 0 Å². The summed E-state index contributed by atoms with van der Waals surface area (Å²) in [5.41, 5.74) is 3.83. The first-order valence-corrected chi connectivity index (χ1v) is 5.08. The third-order valence-corrected chi connectivity index (χ3v) is 2.32. The van der Waals surface area contributed by atoms with Crippen LogP contribution in [-0.4, -0.2) is 12.3 Å². The topological polar surface area (TPSA) is 43.1 Å². The van der Waals surface area contributed by atoms with Gasteiger partial charge in [-0.15, -0.1) is 0 Å². The predicted molar refractivity (Wildman–Crippen MR) is 58.5 cm³/mol. The van der Waals surface area contributed by atoms with Crippen molar-refractivity contribution < 1.29 is 13.6 Å². The second-order valence-electron chi connectivity index (χ2n) is 4.13. The van der Waals surface area contributed by atoms with Crippen molar-refractivity contribution in [2.24, 2.45) is 5.73 Å². The maximum Gasteiger partial charge on any atom is 0.167 e. The maximum absolute atomic E-state index is 13.6. The van der Waals surface area contributed by atoms with Crippen molar-refractivity contribution in [3.05, 3.63) is 35.1 Å². The molecule has 0 saturated carbocycles. The molecule has 0 aliphatic rings. The molecule has 0 saturated heterocycles. The van der Waals surface area contributed by atoms with Gasteiger partial charge in [0, 0.05) is 6.42 Å². The summed E-state index contributed by atoms with van der Waals surface area (Å²) in [5.74, 6) is -1.03. The number of carbonyl (C=O) groups excluding carboxylic acids is 1. The van der Waals surface area contributed by atoms with Crippen LogP contribution in [0, 0.1) is 5.82 Å². The number of benzene rings is 1. The van der Waals surface area contributed by atoms with E-state index in [0.29, 0.717) is 0 Å². The van der Waals surface area contributed by atoms with Crippen molar-refractivity contribution in [1.82, 2.24) is 0 Å². The Bertz CT molecular complexity index is 396. The Morgan fingerprint density at radius 1 is 1.44 bits per heavy atom. The number of alkyl halides is 1. The summed E-state index contributed by atoms with van der Waals surface area (Å²) in [6.07, 6.45) is 0.0626. The van der Waals surface area contributed by atoms with Crippen LogP contribution in [0.1, 0.15) is 36.2 Å². The molecule has 16 heavy (non-hydrogen) atoms. The molecule has 2 N–H and O–H groups in total. The SMILES string of the molecule is CC(C)(F)c1ccc(F)c(C(=O)CCN)c1. The van der Waals surface area contributed by atoms with Crippen LogP contribution in [-0.2, 0) is 5.67 Å². The molecular weight excluding hydrogens is 212 g/mol. The monoisotopic (exact) mass is 227 g/mol. The van der Waals surface area contributed by atoms with Gasteiger partial charge in [-0.1, -0.05) is 6.07 Å². The summed E-state index contributed by atoms with van der Waals surface area (Å²) in [5, 5.41) is 0. The normalized spacial score (nSPS) is 11.6. The molecule has 88 valence electrons. The Balaban J connectivity index is 3.14. The fourth-order valence-electron chi connectivity index (χ4n) is 1.37. The molecule has 1 aromatic rings. The van der Waals surface area contributed by atoms with E-state index >= 15 is 0 Å². The van der Waals surface area contributed by atoms with Gasteiger partial charge >= 0.3 is 0 Å². The number of carbonyl (C=O) groups is 1. The van der Waals surface area contributed by atoms with Gasteiger partial charge in [0.15, 0.2) is 5.78 Å². The van der Waals surface area contributed by atoms with Crippen LogP contribution in [0.15, 0.2) is 18.2 Å². The minimum Gasteiger partial charge on any atom is -0.330 e. The van der Waals surface area contributed by atoms with Crippen LogP contribution in [0.25, 0.3) is 0 Å². The molecule has 0 atom stereocenters. The average molecular weight is 227 g/mol. The second kappa shape index (κ2) is 4.70. The zero-order chi connectivity index (χ0) is 12.3. The molecule has 0 bridgehead atoms. The minimum absolute atomic E-state index is 0.0626. The number of hydrogen-bond donors (Lipinski definition) is 1. The highest BCUT2D eigenvalue weighted by molar-refractivity contribution is 5.96. The highest BCUT2D eigenvalue weighted by atomic mass is 19.1. The van der Waals surface area contributed by atoms with Crippen LogP contribution in [0.2, 0.25) is 0 Å². The van der Waals surface area contributed by atoms with E-state index in [1.807, 2.05) is 0 Å². The molecule has 0 heterocycles. The average Bonchev–Trinajstić information content (AvgIpc) is 2.16. The molecule has 4 heteroatoms. The molecule has 0 aliphatic heterocycles. The van der Waals surface area contributed by atoms with E-state index in [4.69, 9.17) is 5.73 Å². The Morgan fingerprint density at radius 2 is 2.06 bits per heavy atom. The Hall–Kier alpha value is -1.29. The van der Waals surface area contributed by atoms with Gasteiger partial charge in [0.1, 0.15) is 11.5 Å². The van der Waals surface area contributed by atoms with Crippen molar-refractivity contribution in [3.63, 3.8) is 0 Å². The second-order valence-corrected chi connectivity index (χ2v) is 4.13. The molecule has 0 amide bonds. The lowest BCUT2D eigenvalue weighted by Crippen LogP contribution is -2.14. The summed E-state index contributed by atoms with van der Waals surface area (Å²) in [6, 6.07) is 3.71. The summed E-state index contributed by atoms with van der Waals surface area (Å²) in [6.45, 7) is 2.87. The summed E-state index contributed by atoms with van der Waals surface area (Å²) < 4.78 is 27.0. The zero-order valence-corrected chi connectivity index (χ0v) is 9.39. The largest absolute Gasteiger partial charge is 0.330 e. The first-order valence-electron chi connectivity index (χ1n) is 5.08. The fourth-order valence-corrected chi connectivity index (χ4v) is 1.37. The van der Waals surface area contributed by atoms with Crippen LogP contribution < -0.4 is 5.73 Å². The number of ketones is 1. The molecule has 0 fully saturated rings. The number of halogens is 2. The highest BCUT2D eigenvalue weighted by Gasteiger charge is 2.21. The first-order chi connectivity index (χ1) is 7.36. The van der Waals surface area contributed by atoms with Crippen molar-refractivity contribution >= 4 is 5.78 Å². The third-order valence-electron chi connectivity index (χ3n) is 2.32. The Labute approximate surface area is 93.5 Å². The first kappa shape index (κ1) is 12.8. The molecule has 0 aliphatic carbocycles. The Kier molecular flexibility index (Phi) is 3.75. The van der Waals surface area contributed by atoms with E-state index in [9.17, 15) is 13.6 Å². The van der Waals surface area contributed by atoms with Gasteiger partial charge in [-0.3, -0.25) is 4.79 Å². The fraction of sp³-hybridized carbons (Fsp3) is 0.417. The van der Waals surface area contributed by atoms with E-state index in [2.05, 4.69) is 0 Å². The predicted octanol–water partition coefficient (Wildman–Crippen LogP) is 2.56. The van der Waals surface area contributed by atoms with Gasteiger partial charge in [0.2, 0.25) is 0 Å². The lowest BCUT2D eigenvalue weighted by atomic mass is 9.96. The van der Waals surface area contributed by atoms with Gasteiger partial charge < -0.3 is 5.73 Å². The van der Waals surface area contributed by atoms with E-state index in [1.54, 1.807) is 0 Å². The molecule has 2 nitrogen and oxygen atoms in total. The third kappa shape index (κ3) is 2.85. The summed E-state index contributed by atoms with van der Waals surface area (Å²) >= 11 is 0. The van der Waals surface area contributed by atoms with Crippen molar-refractivity contribution in [2.45, 2.75) is 25.9 Å². The smallest absolute Gasteiger partial charge is 0.167 e. The Morgan fingerprint density at radius 3 is 2.56 bits per heavy atom. The standard InChI is InChI=1S/C12H15F2NO/c1-12(2,14)8-3-4-10(13)9(7-8)11(16)5-6-15/h3-4,7H,5-6,15H2,1-2H3. The van der Waals surface area contributed by atoms with E-state index in [0.717, 1.165) is 6.07 Å². The molecule has 0 radical (unpaired) electrons. The van der Waals surface area contributed by atoms with Crippen LogP contribution in [0.4, 0.5) is 8.78 Å². The summed E-state index contributed by atoms with van der Waals surface area (Å²) in [7, 11) is 0. The summed E-state index contributed by atoms with van der Waals surface area (Å²) in [4.78, 5) is 11.5. The number of nitrogens with two attached hydrogens (primary N) is 1. The van der Waals surface area contributed by atoms with E-state index in [1.165, 1.54) is 26.0 Å². The molecule has 1 rings (SSSR count). The van der Waals surface area contributed by atoms with Crippen molar-refractivity contribution in [2.75, 3.05) is 6.54 Å². The molecule has 0 spiro atoms. The molecule has 0 unspecified atom stereocenters. The van der Waals surface area contributed by atoms with Gasteiger partial charge in [-0.05, 0) is 38.1 Å². The van der Waals surface area contributed by atoms with Gasteiger partial charge in [-0.25, -0.2) is 8.78 Å². The van der Waals surface area contributed by atoms with Crippen LogP contribution >= 0.6 is 0 Å². The number of rotatable bonds is 4. The number of Topliss-reactive ketones (excluding diaryl/α,β-unsaturated/α-hetero) is 1. The maximum atomic E-state index is 13.6. The van der Waals surface area contributed by atoms with E-state index < -0.39 is 17.3 Å². The van der Waals surface area contributed by atoms with Crippen LogP contribution in [0.5, 0.6) is 0 Å². The van der Waals surface area contributed by atoms with Gasteiger partial charge in [-0.2, -0.15) is 0 Å². The number of hydrogen-bond acceptors (Lipinski definition) is 2. The molecule has 0 aromatic heterocycles. The zero-order valence-electron chi connectivity index (χ0n) is 9.39. The van der Waals surface area contributed by atoms with Gasteiger partial charge in [0.05, 0.1) is 5.56 Å². The van der Waals surface area contributed by atoms with Crippen molar-refractivity contribution in [1.29, 1.82) is 0 Å². The highest BCUT2D eigenvalue weighted by Crippen LogP contribution is 2.26. The lowest BCUT2D eigenvalue weighted by Gasteiger charge is -2.15. The lowest BCUT2D eigenvalue weighted by molar-refractivity contribution is 0.0981. The minimum atomic E-state index is -1.59.